The minimum Gasteiger partial charge on any atom is -0.494 e. The Balaban J connectivity index is 1.63. The molecule has 1 atom stereocenters. The average molecular weight is 372 g/mol. The molecule has 0 radical (unpaired) electrons. The van der Waals surface area contributed by atoms with Crippen LogP contribution in [0.2, 0.25) is 0 Å². The van der Waals surface area contributed by atoms with E-state index in [2.05, 4.69) is 41.0 Å². The van der Waals surface area contributed by atoms with Crippen molar-refractivity contribution in [2.75, 3.05) is 33.4 Å². The quantitative estimate of drug-likeness (QED) is 0.810. The minimum atomic E-state index is -0.331. The summed E-state index contributed by atoms with van der Waals surface area (Å²) in [4.78, 5) is 4.83. The largest absolute Gasteiger partial charge is 0.494 e. The molecular weight excluding hydrogens is 343 g/mol. The van der Waals surface area contributed by atoms with Crippen molar-refractivity contribution in [3.05, 3.63) is 65.0 Å². The van der Waals surface area contributed by atoms with E-state index in [0.29, 0.717) is 6.04 Å². The number of ether oxygens (including phenoxy) is 1. The fourth-order valence-corrected chi connectivity index (χ4v) is 3.72. The third-order valence-electron chi connectivity index (χ3n) is 5.28. The van der Waals surface area contributed by atoms with Crippen molar-refractivity contribution >= 4 is 0 Å². The van der Waals surface area contributed by atoms with Crippen LogP contribution in [0.4, 0.5) is 4.39 Å². The first-order valence-electron chi connectivity index (χ1n) is 9.54. The predicted octanol–water partition coefficient (Wildman–Crippen LogP) is 3.21. The van der Waals surface area contributed by atoms with Crippen molar-refractivity contribution in [2.45, 2.75) is 32.5 Å². The molecule has 2 aromatic rings. The average Bonchev–Trinajstić information content (AvgIpc) is 2.67. The summed E-state index contributed by atoms with van der Waals surface area (Å²) in [6, 6.07) is 14.0. The molecule has 3 rings (SSSR count). The van der Waals surface area contributed by atoms with Gasteiger partial charge in [-0.2, -0.15) is 0 Å². The number of nitrogens with zero attached hydrogens (tertiary/aromatic N) is 2. The molecule has 5 heteroatoms. The van der Waals surface area contributed by atoms with Gasteiger partial charge in [-0.25, -0.2) is 4.39 Å². The third-order valence-corrected chi connectivity index (χ3v) is 5.28. The zero-order chi connectivity index (χ0) is 19.2. The molecule has 1 aliphatic rings. The number of benzene rings is 2. The molecule has 0 amide bonds. The Kier molecular flexibility index (Phi) is 6.83. The number of methoxy groups -OCH3 is 1. The van der Waals surface area contributed by atoms with E-state index >= 15 is 0 Å². The first-order chi connectivity index (χ1) is 13.1. The number of aryl methyl sites for hydroxylation is 1. The third kappa shape index (κ3) is 5.28. The summed E-state index contributed by atoms with van der Waals surface area (Å²) in [7, 11) is 1.49. The number of aliphatic hydroxyl groups excluding tert-OH is 1. The van der Waals surface area contributed by atoms with Crippen LogP contribution in [0, 0.1) is 12.7 Å². The summed E-state index contributed by atoms with van der Waals surface area (Å²) in [5, 5.41) is 9.51. The van der Waals surface area contributed by atoms with Gasteiger partial charge in [0, 0.05) is 45.4 Å². The molecule has 2 aromatic carbocycles. The molecule has 27 heavy (non-hydrogen) atoms. The van der Waals surface area contributed by atoms with Gasteiger partial charge in [-0.3, -0.25) is 9.80 Å². The van der Waals surface area contributed by atoms with Crippen LogP contribution >= 0.6 is 0 Å². The lowest BCUT2D eigenvalue weighted by atomic mass is 10.1. The van der Waals surface area contributed by atoms with E-state index in [-0.39, 0.29) is 18.2 Å². The second-order valence-corrected chi connectivity index (χ2v) is 7.33. The first-order valence-corrected chi connectivity index (χ1v) is 9.54. The number of piperazine rings is 1. The van der Waals surface area contributed by atoms with Crippen LogP contribution in [-0.4, -0.2) is 54.3 Å². The number of halogens is 1. The van der Waals surface area contributed by atoms with Crippen LogP contribution in [0.25, 0.3) is 0 Å². The summed E-state index contributed by atoms with van der Waals surface area (Å²) >= 11 is 0. The van der Waals surface area contributed by atoms with Crippen LogP contribution in [0.3, 0.4) is 0 Å². The zero-order valence-electron chi connectivity index (χ0n) is 16.2. The van der Waals surface area contributed by atoms with Gasteiger partial charge >= 0.3 is 0 Å². The highest BCUT2D eigenvalue weighted by Crippen LogP contribution is 2.22. The van der Waals surface area contributed by atoms with E-state index in [0.717, 1.165) is 44.7 Å². The van der Waals surface area contributed by atoms with E-state index in [1.54, 1.807) is 6.07 Å². The summed E-state index contributed by atoms with van der Waals surface area (Å²) in [6.45, 7) is 6.76. The van der Waals surface area contributed by atoms with Gasteiger partial charge in [-0.15, -0.1) is 0 Å². The van der Waals surface area contributed by atoms with Crippen LogP contribution in [0.1, 0.15) is 23.1 Å². The fourth-order valence-electron chi connectivity index (χ4n) is 3.72. The molecule has 0 bridgehead atoms. The summed E-state index contributed by atoms with van der Waals surface area (Å²) in [5.74, 6) is -0.0419. The van der Waals surface area contributed by atoms with Crippen molar-refractivity contribution in [1.29, 1.82) is 0 Å². The molecule has 4 nitrogen and oxygen atoms in total. The first kappa shape index (κ1) is 19.8. The highest BCUT2D eigenvalue weighted by atomic mass is 19.1. The highest BCUT2D eigenvalue weighted by Gasteiger charge is 2.26. The molecule has 0 spiro atoms. The molecule has 0 aromatic heterocycles. The summed E-state index contributed by atoms with van der Waals surface area (Å²) < 4.78 is 18.7. The second kappa shape index (κ2) is 9.31. The predicted molar refractivity (Wildman–Crippen MR) is 105 cm³/mol. The van der Waals surface area contributed by atoms with E-state index in [1.807, 2.05) is 6.07 Å². The van der Waals surface area contributed by atoms with Gasteiger partial charge in [0.25, 0.3) is 0 Å². The van der Waals surface area contributed by atoms with Gasteiger partial charge < -0.3 is 9.84 Å². The number of hydrogen-bond acceptors (Lipinski definition) is 4. The van der Waals surface area contributed by atoms with Gasteiger partial charge in [0.15, 0.2) is 11.6 Å². The molecular formula is C22H29FN2O2. The Hall–Kier alpha value is -1.95. The normalized spacial score (nSPS) is 18.6. The SMILES string of the molecule is COc1cc(CN2CCN(Cc3ccc(C)cc3)[C@@H](CCO)C2)ccc1F. The van der Waals surface area contributed by atoms with Gasteiger partial charge in [0.05, 0.1) is 7.11 Å². The topological polar surface area (TPSA) is 35.9 Å². The molecule has 0 unspecified atom stereocenters. The maximum Gasteiger partial charge on any atom is 0.165 e. The lowest BCUT2D eigenvalue weighted by molar-refractivity contribution is 0.0499. The molecule has 1 heterocycles. The van der Waals surface area contributed by atoms with Crippen molar-refractivity contribution in [1.82, 2.24) is 9.80 Å². The maximum atomic E-state index is 13.6. The number of hydrogen-bond donors (Lipinski definition) is 1. The van der Waals surface area contributed by atoms with Gasteiger partial charge in [-0.05, 0) is 36.6 Å². The Morgan fingerprint density at radius 1 is 1.07 bits per heavy atom. The van der Waals surface area contributed by atoms with E-state index in [4.69, 9.17) is 4.74 Å². The van der Waals surface area contributed by atoms with Gasteiger partial charge in [0.2, 0.25) is 0 Å². The second-order valence-electron chi connectivity index (χ2n) is 7.33. The summed E-state index contributed by atoms with van der Waals surface area (Å²) in [6.07, 6.45) is 0.759. The fraction of sp³-hybridized carbons (Fsp3) is 0.455. The van der Waals surface area contributed by atoms with Crippen LogP contribution in [-0.2, 0) is 13.1 Å². The van der Waals surface area contributed by atoms with Crippen LogP contribution in [0.15, 0.2) is 42.5 Å². The molecule has 0 aliphatic carbocycles. The lowest BCUT2D eigenvalue weighted by Gasteiger charge is -2.41. The smallest absolute Gasteiger partial charge is 0.165 e. The van der Waals surface area contributed by atoms with E-state index in [1.165, 1.54) is 24.3 Å². The molecule has 1 aliphatic heterocycles. The highest BCUT2D eigenvalue weighted by molar-refractivity contribution is 5.30. The minimum absolute atomic E-state index is 0.188. The van der Waals surface area contributed by atoms with Crippen molar-refractivity contribution in [2.24, 2.45) is 0 Å². The van der Waals surface area contributed by atoms with Crippen molar-refractivity contribution in [3.63, 3.8) is 0 Å². The number of aliphatic hydroxyl groups is 1. The van der Waals surface area contributed by atoms with Crippen molar-refractivity contribution < 1.29 is 14.2 Å². The Morgan fingerprint density at radius 3 is 2.52 bits per heavy atom. The van der Waals surface area contributed by atoms with Gasteiger partial charge in [0.1, 0.15) is 0 Å². The molecule has 1 N–H and O–H groups in total. The number of rotatable bonds is 7. The molecule has 0 saturated carbocycles. The van der Waals surface area contributed by atoms with Gasteiger partial charge in [-0.1, -0.05) is 35.9 Å². The maximum absolute atomic E-state index is 13.6. The van der Waals surface area contributed by atoms with Crippen LogP contribution in [0.5, 0.6) is 5.75 Å². The molecule has 1 saturated heterocycles. The Labute approximate surface area is 161 Å². The van der Waals surface area contributed by atoms with Crippen LogP contribution < -0.4 is 4.74 Å². The van der Waals surface area contributed by atoms with E-state index in [9.17, 15) is 9.50 Å². The molecule has 146 valence electrons. The standard InChI is InChI=1S/C22H29FN2O2/c1-17-3-5-18(6-4-17)15-25-11-10-24(16-20(25)9-12-26)14-19-7-8-21(23)22(13-19)27-2/h3-8,13,20,26H,9-12,14-16H2,1-2H3/t20-/m0/s1. The van der Waals surface area contributed by atoms with Crippen molar-refractivity contribution in [3.8, 4) is 5.75 Å². The zero-order valence-corrected chi connectivity index (χ0v) is 16.2. The summed E-state index contributed by atoms with van der Waals surface area (Å²) in [5.41, 5.74) is 3.62. The Morgan fingerprint density at radius 2 is 1.81 bits per heavy atom. The lowest BCUT2D eigenvalue weighted by Crippen LogP contribution is -2.52. The Bertz CT molecular complexity index is 736. The monoisotopic (exact) mass is 372 g/mol. The molecule has 1 fully saturated rings. The van der Waals surface area contributed by atoms with E-state index < -0.39 is 0 Å².